The Bertz CT molecular complexity index is 385. The number of hydrogen-bond acceptors (Lipinski definition) is 2. The van der Waals surface area contributed by atoms with Crippen LogP contribution >= 0.6 is 0 Å². The topological polar surface area (TPSA) is 35.2 Å². The standard InChI is InChI=1S/C11H12F3NO/c1-16-9-5-4-8(3-2-6-15)10(7-9)11(12,13)14/h2-5,7H,6,15H2,1H3. The third-order valence-corrected chi connectivity index (χ3v) is 2.00. The second-order valence-corrected chi connectivity index (χ2v) is 3.09. The van der Waals surface area contributed by atoms with Gasteiger partial charge in [0.15, 0.2) is 0 Å². The van der Waals surface area contributed by atoms with Crippen LogP contribution in [0.5, 0.6) is 5.75 Å². The van der Waals surface area contributed by atoms with Crippen molar-refractivity contribution in [2.75, 3.05) is 13.7 Å². The molecule has 0 saturated carbocycles. The number of benzene rings is 1. The lowest BCUT2D eigenvalue weighted by molar-refractivity contribution is -0.137. The molecule has 0 radical (unpaired) electrons. The Labute approximate surface area is 91.5 Å². The Hall–Kier alpha value is -1.49. The van der Waals surface area contributed by atoms with Gasteiger partial charge in [0.05, 0.1) is 12.7 Å². The molecule has 1 rings (SSSR count). The fourth-order valence-corrected chi connectivity index (χ4v) is 1.25. The van der Waals surface area contributed by atoms with Crippen molar-refractivity contribution in [2.45, 2.75) is 6.18 Å². The van der Waals surface area contributed by atoms with E-state index in [1.807, 2.05) is 0 Å². The number of hydrogen-bond donors (Lipinski definition) is 1. The second kappa shape index (κ2) is 5.03. The molecule has 2 N–H and O–H groups in total. The van der Waals surface area contributed by atoms with E-state index >= 15 is 0 Å². The lowest BCUT2D eigenvalue weighted by Crippen LogP contribution is -2.07. The van der Waals surface area contributed by atoms with Crippen molar-refractivity contribution in [1.82, 2.24) is 0 Å². The molecule has 2 nitrogen and oxygen atoms in total. The van der Waals surface area contributed by atoms with Crippen LogP contribution < -0.4 is 10.5 Å². The summed E-state index contributed by atoms with van der Waals surface area (Å²) in [6.07, 6.45) is -1.58. The van der Waals surface area contributed by atoms with Crippen molar-refractivity contribution in [1.29, 1.82) is 0 Å². The highest BCUT2D eigenvalue weighted by atomic mass is 19.4. The van der Waals surface area contributed by atoms with Crippen LogP contribution in [0.1, 0.15) is 11.1 Å². The van der Waals surface area contributed by atoms with Gasteiger partial charge in [-0.3, -0.25) is 0 Å². The first-order valence-corrected chi connectivity index (χ1v) is 4.61. The molecular formula is C11H12F3NO. The SMILES string of the molecule is COc1ccc(C=CCN)c(C(F)(F)F)c1. The fourth-order valence-electron chi connectivity index (χ4n) is 1.25. The Kier molecular flexibility index (Phi) is 3.95. The van der Waals surface area contributed by atoms with Crippen LogP contribution in [0.15, 0.2) is 24.3 Å². The molecule has 0 aliphatic carbocycles. The predicted molar refractivity (Wildman–Crippen MR) is 56.1 cm³/mol. The molecule has 0 spiro atoms. The summed E-state index contributed by atoms with van der Waals surface area (Å²) in [5.74, 6) is 0.178. The maximum Gasteiger partial charge on any atom is 0.417 e. The highest BCUT2D eigenvalue weighted by molar-refractivity contribution is 5.56. The number of alkyl halides is 3. The fraction of sp³-hybridized carbons (Fsp3) is 0.273. The number of methoxy groups -OCH3 is 1. The van der Waals surface area contributed by atoms with Crippen LogP contribution in [0.4, 0.5) is 13.2 Å². The number of nitrogens with two attached hydrogens (primary N) is 1. The van der Waals surface area contributed by atoms with Crippen molar-refractivity contribution in [3.8, 4) is 5.75 Å². The zero-order valence-corrected chi connectivity index (χ0v) is 8.71. The molecule has 0 saturated heterocycles. The van der Waals surface area contributed by atoms with Crippen LogP contribution in [0.25, 0.3) is 6.08 Å². The molecule has 5 heteroatoms. The van der Waals surface area contributed by atoms with Gasteiger partial charge in [-0.05, 0) is 17.7 Å². The summed E-state index contributed by atoms with van der Waals surface area (Å²) in [4.78, 5) is 0. The second-order valence-electron chi connectivity index (χ2n) is 3.09. The van der Waals surface area contributed by atoms with Gasteiger partial charge in [0.1, 0.15) is 5.75 Å². The highest BCUT2D eigenvalue weighted by Crippen LogP contribution is 2.34. The summed E-state index contributed by atoms with van der Waals surface area (Å²) in [5, 5.41) is 0. The summed E-state index contributed by atoms with van der Waals surface area (Å²) in [5.41, 5.74) is 4.56. The Balaban J connectivity index is 3.22. The van der Waals surface area contributed by atoms with E-state index in [1.165, 1.54) is 31.4 Å². The van der Waals surface area contributed by atoms with Gasteiger partial charge in [0.25, 0.3) is 0 Å². The summed E-state index contributed by atoms with van der Waals surface area (Å²) < 4.78 is 42.8. The first kappa shape index (κ1) is 12.6. The first-order valence-electron chi connectivity index (χ1n) is 4.61. The maximum atomic E-state index is 12.7. The lowest BCUT2D eigenvalue weighted by Gasteiger charge is -2.11. The van der Waals surface area contributed by atoms with Crippen molar-refractivity contribution >= 4 is 6.08 Å². The zero-order chi connectivity index (χ0) is 12.2. The van der Waals surface area contributed by atoms with Crippen LogP contribution in [-0.2, 0) is 6.18 Å². The van der Waals surface area contributed by atoms with Crippen molar-refractivity contribution < 1.29 is 17.9 Å². The minimum absolute atomic E-state index is 0.0822. The van der Waals surface area contributed by atoms with Crippen LogP contribution in [0.3, 0.4) is 0 Å². The highest BCUT2D eigenvalue weighted by Gasteiger charge is 2.33. The van der Waals surface area contributed by atoms with Gasteiger partial charge < -0.3 is 10.5 Å². The molecule has 0 unspecified atom stereocenters. The molecule has 0 aliphatic heterocycles. The minimum Gasteiger partial charge on any atom is -0.497 e. The van der Waals surface area contributed by atoms with Crippen molar-refractivity contribution in [3.63, 3.8) is 0 Å². The first-order chi connectivity index (χ1) is 7.49. The van der Waals surface area contributed by atoms with E-state index in [4.69, 9.17) is 10.5 Å². The summed E-state index contributed by atoms with van der Waals surface area (Å²) >= 11 is 0. The minimum atomic E-state index is -4.40. The van der Waals surface area contributed by atoms with E-state index in [9.17, 15) is 13.2 Å². The Morgan fingerprint density at radius 1 is 1.38 bits per heavy atom. The molecule has 0 bridgehead atoms. The average Bonchev–Trinajstić information content (AvgIpc) is 2.25. The zero-order valence-electron chi connectivity index (χ0n) is 8.71. The Morgan fingerprint density at radius 3 is 2.56 bits per heavy atom. The Morgan fingerprint density at radius 2 is 2.06 bits per heavy atom. The molecule has 0 amide bonds. The summed E-state index contributed by atoms with van der Waals surface area (Å²) in [7, 11) is 1.32. The lowest BCUT2D eigenvalue weighted by atomic mass is 10.1. The molecule has 1 aromatic carbocycles. The summed E-state index contributed by atoms with van der Waals surface area (Å²) in [6.45, 7) is 0.198. The number of ether oxygens (including phenoxy) is 1. The molecule has 1 aromatic rings. The molecule has 0 atom stereocenters. The molecule has 16 heavy (non-hydrogen) atoms. The van der Waals surface area contributed by atoms with Gasteiger partial charge in [0.2, 0.25) is 0 Å². The molecule has 0 aromatic heterocycles. The number of rotatable bonds is 3. The largest absolute Gasteiger partial charge is 0.497 e. The quantitative estimate of drug-likeness (QED) is 0.868. The molecule has 0 fully saturated rings. The van der Waals surface area contributed by atoms with E-state index in [0.717, 1.165) is 6.07 Å². The molecule has 0 heterocycles. The van der Waals surface area contributed by atoms with E-state index in [2.05, 4.69) is 0 Å². The van der Waals surface area contributed by atoms with Crippen molar-refractivity contribution in [3.05, 3.63) is 35.4 Å². The smallest absolute Gasteiger partial charge is 0.417 e. The van der Waals surface area contributed by atoms with E-state index in [0.29, 0.717) is 0 Å². The van der Waals surface area contributed by atoms with Crippen LogP contribution in [-0.4, -0.2) is 13.7 Å². The predicted octanol–water partition coefficient (Wildman–Crippen LogP) is 2.69. The van der Waals surface area contributed by atoms with Crippen molar-refractivity contribution in [2.24, 2.45) is 5.73 Å². The van der Waals surface area contributed by atoms with Gasteiger partial charge in [-0.2, -0.15) is 13.2 Å². The van der Waals surface area contributed by atoms with Gasteiger partial charge in [0, 0.05) is 6.54 Å². The van der Waals surface area contributed by atoms with Gasteiger partial charge in [-0.1, -0.05) is 18.2 Å². The van der Waals surface area contributed by atoms with E-state index in [-0.39, 0.29) is 17.9 Å². The van der Waals surface area contributed by atoms with Gasteiger partial charge in [-0.15, -0.1) is 0 Å². The monoisotopic (exact) mass is 231 g/mol. The van der Waals surface area contributed by atoms with Crippen LogP contribution in [0, 0.1) is 0 Å². The van der Waals surface area contributed by atoms with E-state index < -0.39 is 11.7 Å². The third kappa shape index (κ3) is 3.00. The average molecular weight is 231 g/mol. The number of halogens is 3. The molecular weight excluding hydrogens is 219 g/mol. The molecule has 0 aliphatic rings. The van der Waals surface area contributed by atoms with Gasteiger partial charge >= 0.3 is 6.18 Å². The van der Waals surface area contributed by atoms with Crippen LogP contribution in [0.2, 0.25) is 0 Å². The third-order valence-electron chi connectivity index (χ3n) is 2.00. The molecule has 88 valence electrons. The maximum absolute atomic E-state index is 12.7. The summed E-state index contributed by atoms with van der Waals surface area (Å²) in [6, 6.07) is 3.80. The van der Waals surface area contributed by atoms with E-state index in [1.54, 1.807) is 0 Å². The normalized spacial score (nSPS) is 12.1. The van der Waals surface area contributed by atoms with Gasteiger partial charge in [-0.25, -0.2) is 0 Å².